The molecule has 3 amide bonds. The summed E-state index contributed by atoms with van der Waals surface area (Å²) in [5.41, 5.74) is 26.3. The van der Waals surface area contributed by atoms with Gasteiger partial charge >= 0.3 is 12.2 Å². The van der Waals surface area contributed by atoms with Crippen molar-refractivity contribution in [3.8, 4) is 0 Å². The Labute approximate surface area is 191 Å². The zero-order valence-electron chi connectivity index (χ0n) is 19.5. The van der Waals surface area contributed by atoms with Crippen molar-refractivity contribution in [1.29, 1.82) is 0 Å². The van der Waals surface area contributed by atoms with Crippen molar-refractivity contribution >= 4 is 18.1 Å². The summed E-state index contributed by atoms with van der Waals surface area (Å²) in [5, 5.41) is 5.34. The molecule has 0 bridgehead atoms. The van der Waals surface area contributed by atoms with Crippen LogP contribution in [0, 0.1) is 0 Å². The number of hydrogen-bond donors (Lipinski definition) is 7. The lowest BCUT2D eigenvalue weighted by atomic mass is 10.1. The van der Waals surface area contributed by atoms with E-state index in [1.165, 1.54) is 12.8 Å². The van der Waals surface area contributed by atoms with Gasteiger partial charge in [0, 0.05) is 0 Å². The Bertz CT molecular complexity index is 481. The minimum atomic E-state index is -0.918. The lowest BCUT2D eigenvalue weighted by Gasteiger charge is -2.21. The van der Waals surface area contributed by atoms with Gasteiger partial charge in [-0.3, -0.25) is 4.79 Å². The molecule has 0 aromatic heterocycles. The summed E-state index contributed by atoms with van der Waals surface area (Å²) in [6.45, 7) is 3.84. The molecule has 12 heteroatoms. The van der Waals surface area contributed by atoms with Crippen molar-refractivity contribution in [1.82, 2.24) is 10.6 Å². The first-order valence-corrected chi connectivity index (χ1v) is 11.3. The zero-order chi connectivity index (χ0) is 24.6. The Morgan fingerprint density at radius 3 is 1.66 bits per heavy atom. The lowest BCUT2D eigenvalue weighted by Crippen LogP contribution is -2.44. The van der Waals surface area contributed by atoms with Gasteiger partial charge in [0.05, 0.1) is 18.6 Å². The van der Waals surface area contributed by atoms with Gasteiger partial charge in [0.25, 0.3) is 0 Å². The third-order valence-electron chi connectivity index (χ3n) is 4.29. The Kier molecular flexibility index (Phi) is 23.5. The summed E-state index contributed by atoms with van der Waals surface area (Å²) < 4.78 is 9.94. The molecule has 0 radical (unpaired) electrons. The van der Waals surface area contributed by atoms with Crippen LogP contribution in [-0.2, 0) is 14.3 Å². The van der Waals surface area contributed by atoms with Crippen molar-refractivity contribution in [2.45, 2.75) is 70.4 Å². The molecular weight excluding hydrogens is 418 g/mol. The zero-order valence-corrected chi connectivity index (χ0v) is 19.5. The number of hydrogen-bond acceptors (Lipinski definition) is 9. The predicted octanol–water partition coefficient (Wildman–Crippen LogP) is -0.377. The minimum absolute atomic E-state index is 0.00561. The van der Waals surface area contributed by atoms with E-state index < -0.39 is 18.2 Å². The van der Waals surface area contributed by atoms with Gasteiger partial charge in [-0.1, -0.05) is 26.2 Å². The van der Waals surface area contributed by atoms with Gasteiger partial charge < -0.3 is 48.8 Å². The molecule has 0 aromatic rings. The van der Waals surface area contributed by atoms with Gasteiger partial charge in [0.1, 0.15) is 13.2 Å². The van der Waals surface area contributed by atoms with Crippen LogP contribution in [0.3, 0.4) is 0 Å². The second-order valence-corrected chi connectivity index (χ2v) is 7.25. The third-order valence-corrected chi connectivity index (χ3v) is 4.29. The molecule has 0 aromatic carbocycles. The van der Waals surface area contributed by atoms with Crippen LogP contribution >= 0.6 is 0 Å². The van der Waals surface area contributed by atoms with Crippen LogP contribution < -0.4 is 39.3 Å². The van der Waals surface area contributed by atoms with Crippen LogP contribution in [0.4, 0.5) is 9.59 Å². The van der Waals surface area contributed by atoms with Gasteiger partial charge in [-0.25, -0.2) is 9.59 Å². The monoisotopic (exact) mass is 463 g/mol. The van der Waals surface area contributed by atoms with Crippen LogP contribution in [-0.4, -0.2) is 69.6 Å². The fourth-order valence-electron chi connectivity index (χ4n) is 2.52. The number of nitrogens with one attached hydrogen (secondary N) is 2. The average molecular weight is 464 g/mol. The molecule has 12 N–H and O–H groups in total. The van der Waals surface area contributed by atoms with E-state index in [0.717, 1.165) is 32.2 Å². The van der Waals surface area contributed by atoms with Gasteiger partial charge in [0.15, 0.2) is 0 Å². The summed E-state index contributed by atoms with van der Waals surface area (Å²) in [5.74, 6) is -0.328. The Hall–Kier alpha value is -2.15. The average Bonchev–Trinajstić information content (AvgIpc) is 2.76. The van der Waals surface area contributed by atoms with Crippen molar-refractivity contribution < 1.29 is 23.9 Å². The van der Waals surface area contributed by atoms with Crippen molar-refractivity contribution in [3.63, 3.8) is 0 Å². The number of carbonyl (C=O) groups excluding carboxylic acids is 3. The maximum Gasteiger partial charge on any atom is 0.407 e. The molecule has 0 spiro atoms. The first kappa shape index (κ1) is 32.0. The van der Waals surface area contributed by atoms with Crippen LogP contribution in [0.5, 0.6) is 0 Å². The third kappa shape index (κ3) is 22.5. The molecule has 0 fully saturated rings. The summed E-state index contributed by atoms with van der Waals surface area (Å²) in [6.07, 6.45) is 5.07. The van der Waals surface area contributed by atoms with Crippen LogP contribution in [0.1, 0.15) is 58.3 Å². The maximum atomic E-state index is 12.0. The molecule has 0 saturated carbocycles. The van der Waals surface area contributed by atoms with E-state index in [-0.39, 0.29) is 31.7 Å². The highest BCUT2D eigenvalue weighted by Gasteiger charge is 2.18. The largest absolute Gasteiger partial charge is 0.448 e. The fraction of sp³-hybridized carbons (Fsp3) is 0.850. The summed E-state index contributed by atoms with van der Waals surface area (Å²) in [7, 11) is 0. The van der Waals surface area contributed by atoms with Crippen LogP contribution in [0.15, 0.2) is 0 Å². The number of carbonyl (C=O) groups is 3. The highest BCUT2D eigenvalue weighted by Crippen LogP contribution is 2.04. The number of ether oxygens (including phenoxy) is 2. The van der Waals surface area contributed by atoms with E-state index in [9.17, 15) is 14.4 Å². The molecule has 32 heavy (non-hydrogen) atoms. The van der Waals surface area contributed by atoms with Crippen molar-refractivity contribution in [2.24, 2.45) is 28.7 Å². The molecule has 0 rings (SSSR count). The minimum Gasteiger partial charge on any atom is -0.448 e. The smallest absolute Gasteiger partial charge is 0.407 e. The SMILES string of the molecule is CCCCN.NCCCCC(COC(=O)NC(CCCCN)COC(N)=O)NC(=O)CN. The van der Waals surface area contributed by atoms with Gasteiger partial charge in [0.2, 0.25) is 5.91 Å². The normalized spacial score (nSPS) is 12.0. The van der Waals surface area contributed by atoms with E-state index in [1.54, 1.807) is 0 Å². The Morgan fingerprint density at radius 1 is 0.750 bits per heavy atom. The second kappa shape index (κ2) is 23.5. The van der Waals surface area contributed by atoms with Crippen LogP contribution in [0.25, 0.3) is 0 Å². The maximum absolute atomic E-state index is 12.0. The molecule has 0 aliphatic carbocycles. The number of nitrogens with two attached hydrogens (primary N) is 5. The van der Waals surface area contributed by atoms with E-state index in [0.29, 0.717) is 25.9 Å². The number of rotatable bonds is 17. The molecule has 2 atom stereocenters. The second-order valence-electron chi connectivity index (χ2n) is 7.25. The molecule has 190 valence electrons. The molecule has 0 heterocycles. The highest BCUT2D eigenvalue weighted by molar-refractivity contribution is 5.78. The van der Waals surface area contributed by atoms with E-state index in [2.05, 4.69) is 17.6 Å². The Balaban J connectivity index is 0. The van der Waals surface area contributed by atoms with Crippen molar-refractivity contribution in [3.05, 3.63) is 0 Å². The molecular formula is C20H45N7O5. The standard InChI is InChI=1S/C16H34N6O5.C4H11N/c17-7-3-1-5-12(21-14(23)9-19)11-27-16(25)22-13(6-2-4-8-18)10-26-15(20)24;1-2-3-4-5/h12-13H,1-11,17-19H2,(H2,20,24)(H,21,23)(H,22,25);2-5H2,1H3. The van der Waals surface area contributed by atoms with E-state index in [1.807, 2.05) is 0 Å². The van der Waals surface area contributed by atoms with Crippen molar-refractivity contribution in [2.75, 3.05) is 39.4 Å². The van der Waals surface area contributed by atoms with E-state index in [4.69, 9.17) is 38.1 Å². The molecule has 0 saturated heterocycles. The lowest BCUT2D eigenvalue weighted by molar-refractivity contribution is -0.120. The van der Waals surface area contributed by atoms with Gasteiger partial charge in [-0.2, -0.15) is 0 Å². The predicted molar refractivity (Wildman–Crippen MR) is 125 cm³/mol. The molecule has 0 aliphatic rings. The highest BCUT2D eigenvalue weighted by atomic mass is 16.6. The topological polar surface area (TPSA) is 224 Å². The molecule has 0 aliphatic heterocycles. The first-order chi connectivity index (χ1) is 15.3. The fourth-order valence-corrected chi connectivity index (χ4v) is 2.52. The summed E-state index contributed by atoms with van der Waals surface area (Å²) in [4.78, 5) is 34.3. The summed E-state index contributed by atoms with van der Waals surface area (Å²) >= 11 is 0. The quantitative estimate of drug-likeness (QED) is 0.139. The number of primary amides is 1. The first-order valence-electron chi connectivity index (χ1n) is 11.3. The molecule has 2 unspecified atom stereocenters. The number of unbranched alkanes of at least 4 members (excludes halogenated alkanes) is 3. The number of amides is 3. The Morgan fingerprint density at radius 2 is 1.25 bits per heavy atom. The van der Waals surface area contributed by atoms with E-state index >= 15 is 0 Å². The van der Waals surface area contributed by atoms with Crippen LogP contribution in [0.2, 0.25) is 0 Å². The van der Waals surface area contributed by atoms with Gasteiger partial charge in [-0.15, -0.1) is 0 Å². The van der Waals surface area contributed by atoms with Gasteiger partial charge in [-0.05, 0) is 51.7 Å². The number of alkyl carbamates (subject to hydrolysis) is 1. The molecule has 12 nitrogen and oxygen atoms in total. The summed E-state index contributed by atoms with van der Waals surface area (Å²) in [6, 6.07) is -0.790.